The monoisotopic (exact) mass is 201 g/mol. The van der Waals surface area contributed by atoms with Crippen molar-refractivity contribution < 1.29 is 4.74 Å². The lowest BCUT2D eigenvalue weighted by Crippen LogP contribution is -2.01. The van der Waals surface area contributed by atoms with Gasteiger partial charge in [0.05, 0.1) is 11.9 Å². The zero-order chi connectivity index (χ0) is 10.5. The highest BCUT2D eigenvalue weighted by atomic mass is 16.5. The lowest BCUT2D eigenvalue weighted by molar-refractivity contribution is 0.470. The van der Waals surface area contributed by atoms with Crippen LogP contribution < -0.4 is 10.5 Å². The Hall–Kier alpha value is -1.94. The van der Waals surface area contributed by atoms with Crippen LogP contribution in [0.2, 0.25) is 0 Å². The van der Waals surface area contributed by atoms with Gasteiger partial charge in [-0.3, -0.25) is 9.97 Å². The van der Waals surface area contributed by atoms with Crippen molar-refractivity contribution in [3.63, 3.8) is 0 Å². The topological polar surface area (TPSA) is 61.0 Å². The van der Waals surface area contributed by atoms with Gasteiger partial charge in [0.15, 0.2) is 0 Å². The van der Waals surface area contributed by atoms with E-state index >= 15 is 0 Å². The van der Waals surface area contributed by atoms with Gasteiger partial charge in [0.25, 0.3) is 0 Å². The first-order valence-corrected chi connectivity index (χ1v) is 4.62. The number of hydrogen-bond acceptors (Lipinski definition) is 4. The van der Waals surface area contributed by atoms with E-state index in [4.69, 9.17) is 10.5 Å². The molecule has 0 aromatic carbocycles. The molecule has 2 aromatic rings. The standard InChI is InChI=1S/C11H11N3O/c12-7-10-11(4-2-6-14-10)15-9-3-1-5-13-8-9/h1-6,8H,7,12H2. The fourth-order valence-electron chi connectivity index (χ4n) is 1.20. The average Bonchev–Trinajstić information content (AvgIpc) is 2.31. The van der Waals surface area contributed by atoms with Crippen LogP contribution in [0.4, 0.5) is 0 Å². The normalized spacial score (nSPS) is 9.93. The highest BCUT2D eigenvalue weighted by molar-refractivity contribution is 5.32. The summed E-state index contributed by atoms with van der Waals surface area (Å²) in [5.74, 6) is 1.35. The molecule has 0 atom stereocenters. The van der Waals surface area contributed by atoms with E-state index in [-0.39, 0.29) is 0 Å². The number of hydrogen-bond donors (Lipinski definition) is 1. The van der Waals surface area contributed by atoms with Gasteiger partial charge in [-0.15, -0.1) is 0 Å². The van der Waals surface area contributed by atoms with E-state index in [9.17, 15) is 0 Å². The lowest BCUT2D eigenvalue weighted by Gasteiger charge is -2.07. The second-order valence-corrected chi connectivity index (χ2v) is 2.94. The number of nitrogens with two attached hydrogens (primary N) is 1. The van der Waals surface area contributed by atoms with Gasteiger partial charge in [0.2, 0.25) is 0 Å². The summed E-state index contributed by atoms with van der Waals surface area (Å²) in [5.41, 5.74) is 6.28. The number of rotatable bonds is 3. The molecule has 0 bridgehead atoms. The van der Waals surface area contributed by atoms with Gasteiger partial charge in [-0.1, -0.05) is 0 Å². The zero-order valence-electron chi connectivity index (χ0n) is 8.13. The minimum Gasteiger partial charge on any atom is -0.454 e. The maximum atomic E-state index is 5.60. The molecule has 0 saturated carbocycles. The largest absolute Gasteiger partial charge is 0.454 e. The molecule has 76 valence electrons. The number of nitrogens with zero attached hydrogens (tertiary/aromatic N) is 2. The molecule has 0 aliphatic rings. The Kier molecular flexibility index (Phi) is 2.90. The van der Waals surface area contributed by atoms with Crippen LogP contribution in [-0.4, -0.2) is 9.97 Å². The Morgan fingerprint density at radius 2 is 2.07 bits per heavy atom. The summed E-state index contributed by atoms with van der Waals surface area (Å²) >= 11 is 0. The molecule has 2 N–H and O–H groups in total. The predicted molar refractivity (Wildman–Crippen MR) is 56.4 cm³/mol. The number of pyridine rings is 2. The Labute approximate surface area is 87.7 Å². The van der Waals surface area contributed by atoms with Crippen LogP contribution in [0, 0.1) is 0 Å². The molecule has 2 rings (SSSR count). The minimum absolute atomic E-state index is 0.358. The molecule has 15 heavy (non-hydrogen) atoms. The van der Waals surface area contributed by atoms with E-state index in [1.807, 2.05) is 24.3 Å². The predicted octanol–water partition coefficient (Wildman–Crippen LogP) is 1.73. The average molecular weight is 201 g/mol. The molecule has 0 aliphatic heterocycles. The van der Waals surface area contributed by atoms with Crippen molar-refractivity contribution in [2.45, 2.75) is 6.54 Å². The molecule has 0 fully saturated rings. The van der Waals surface area contributed by atoms with Crippen molar-refractivity contribution in [3.05, 3.63) is 48.5 Å². The van der Waals surface area contributed by atoms with Crippen molar-refractivity contribution in [3.8, 4) is 11.5 Å². The highest BCUT2D eigenvalue weighted by Gasteiger charge is 2.03. The van der Waals surface area contributed by atoms with Crippen LogP contribution in [0.15, 0.2) is 42.9 Å². The fraction of sp³-hybridized carbons (Fsp3) is 0.0909. The molecule has 2 aromatic heterocycles. The summed E-state index contributed by atoms with van der Waals surface area (Å²) in [6, 6.07) is 7.29. The van der Waals surface area contributed by atoms with Crippen molar-refractivity contribution in [1.82, 2.24) is 9.97 Å². The second-order valence-electron chi connectivity index (χ2n) is 2.94. The summed E-state index contributed by atoms with van der Waals surface area (Å²) in [5, 5.41) is 0. The lowest BCUT2D eigenvalue weighted by atomic mass is 10.3. The molecular formula is C11H11N3O. The summed E-state index contributed by atoms with van der Waals surface area (Å²) in [7, 11) is 0. The molecule has 0 unspecified atom stereocenters. The van der Waals surface area contributed by atoms with Gasteiger partial charge in [0, 0.05) is 18.9 Å². The molecule has 0 spiro atoms. The Morgan fingerprint density at radius 3 is 2.80 bits per heavy atom. The van der Waals surface area contributed by atoms with Gasteiger partial charge in [0.1, 0.15) is 11.5 Å². The van der Waals surface area contributed by atoms with Gasteiger partial charge in [-0.2, -0.15) is 0 Å². The van der Waals surface area contributed by atoms with Crippen molar-refractivity contribution in [2.24, 2.45) is 5.73 Å². The van der Waals surface area contributed by atoms with Gasteiger partial charge in [-0.25, -0.2) is 0 Å². The molecule has 4 heteroatoms. The Bertz CT molecular complexity index is 431. The van der Waals surface area contributed by atoms with E-state index in [1.54, 1.807) is 18.6 Å². The maximum absolute atomic E-state index is 5.60. The Morgan fingerprint density at radius 1 is 1.20 bits per heavy atom. The fourth-order valence-corrected chi connectivity index (χ4v) is 1.20. The maximum Gasteiger partial charge on any atom is 0.150 e. The minimum atomic E-state index is 0.358. The van der Waals surface area contributed by atoms with Crippen molar-refractivity contribution in [1.29, 1.82) is 0 Å². The van der Waals surface area contributed by atoms with Crippen LogP contribution >= 0.6 is 0 Å². The van der Waals surface area contributed by atoms with E-state index < -0.39 is 0 Å². The van der Waals surface area contributed by atoms with E-state index in [2.05, 4.69) is 9.97 Å². The smallest absolute Gasteiger partial charge is 0.150 e. The first kappa shape index (κ1) is 9.61. The molecule has 0 aliphatic carbocycles. The van der Waals surface area contributed by atoms with E-state index in [0.717, 1.165) is 5.69 Å². The first-order chi connectivity index (χ1) is 7.40. The molecule has 2 heterocycles. The third-order valence-corrected chi connectivity index (χ3v) is 1.90. The summed E-state index contributed by atoms with van der Waals surface area (Å²) in [6.07, 6.45) is 5.03. The number of aromatic nitrogens is 2. The van der Waals surface area contributed by atoms with Crippen LogP contribution in [-0.2, 0) is 6.54 Å². The first-order valence-electron chi connectivity index (χ1n) is 4.62. The summed E-state index contributed by atoms with van der Waals surface area (Å²) in [6.45, 7) is 0.358. The highest BCUT2D eigenvalue weighted by Crippen LogP contribution is 2.22. The third-order valence-electron chi connectivity index (χ3n) is 1.90. The van der Waals surface area contributed by atoms with Crippen LogP contribution in [0.25, 0.3) is 0 Å². The second kappa shape index (κ2) is 4.52. The van der Waals surface area contributed by atoms with Crippen LogP contribution in [0.5, 0.6) is 11.5 Å². The third kappa shape index (κ3) is 2.30. The molecule has 0 amide bonds. The van der Waals surface area contributed by atoms with Crippen molar-refractivity contribution >= 4 is 0 Å². The van der Waals surface area contributed by atoms with E-state index in [0.29, 0.717) is 18.0 Å². The van der Waals surface area contributed by atoms with Gasteiger partial charge >= 0.3 is 0 Å². The van der Waals surface area contributed by atoms with Gasteiger partial charge < -0.3 is 10.5 Å². The zero-order valence-corrected chi connectivity index (χ0v) is 8.13. The summed E-state index contributed by atoms with van der Waals surface area (Å²) in [4.78, 5) is 8.08. The Balaban J connectivity index is 2.24. The molecular weight excluding hydrogens is 190 g/mol. The molecule has 0 saturated heterocycles. The van der Waals surface area contributed by atoms with E-state index in [1.165, 1.54) is 0 Å². The van der Waals surface area contributed by atoms with Crippen molar-refractivity contribution in [2.75, 3.05) is 0 Å². The number of ether oxygens (including phenoxy) is 1. The quantitative estimate of drug-likeness (QED) is 0.821. The molecule has 4 nitrogen and oxygen atoms in total. The van der Waals surface area contributed by atoms with Crippen LogP contribution in [0.1, 0.15) is 5.69 Å². The van der Waals surface area contributed by atoms with Gasteiger partial charge in [-0.05, 0) is 24.3 Å². The van der Waals surface area contributed by atoms with Crippen LogP contribution in [0.3, 0.4) is 0 Å². The SMILES string of the molecule is NCc1ncccc1Oc1cccnc1. The molecule has 0 radical (unpaired) electrons. The summed E-state index contributed by atoms with van der Waals surface area (Å²) < 4.78 is 5.60.